The van der Waals surface area contributed by atoms with Gasteiger partial charge in [0.1, 0.15) is 0 Å². The predicted octanol–water partition coefficient (Wildman–Crippen LogP) is 1.26. The van der Waals surface area contributed by atoms with Gasteiger partial charge >= 0.3 is 0 Å². The Hall–Kier alpha value is -0.220. The third-order valence-corrected chi connectivity index (χ3v) is 3.76. The fourth-order valence-corrected chi connectivity index (χ4v) is 2.54. The third kappa shape index (κ3) is 4.43. The molecule has 2 N–H and O–H groups in total. The van der Waals surface area contributed by atoms with Crippen LogP contribution in [0.3, 0.4) is 0 Å². The SMILES string of the molecule is CSCCC(=O)NCC1CCCC1CO. The first-order chi connectivity index (χ1) is 7.27. The molecule has 0 aromatic carbocycles. The van der Waals surface area contributed by atoms with Crippen molar-refractivity contribution in [3.8, 4) is 0 Å². The van der Waals surface area contributed by atoms with Crippen LogP contribution in [0.25, 0.3) is 0 Å². The van der Waals surface area contributed by atoms with Gasteiger partial charge in [-0.2, -0.15) is 11.8 Å². The van der Waals surface area contributed by atoms with Crippen LogP contribution in [0.5, 0.6) is 0 Å². The molecule has 0 saturated heterocycles. The fraction of sp³-hybridized carbons (Fsp3) is 0.909. The van der Waals surface area contributed by atoms with Crippen molar-refractivity contribution in [2.45, 2.75) is 25.7 Å². The fourth-order valence-electron chi connectivity index (χ4n) is 2.15. The van der Waals surface area contributed by atoms with Crippen molar-refractivity contribution in [2.24, 2.45) is 11.8 Å². The van der Waals surface area contributed by atoms with Crippen LogP contribution < -0.4 is 5.32 Å². The Morgan fingerprint density at radius 3 is 2.87 bits per heavy atom. The lowest BCUT2D eigenvalue weighted by Crippen LogP contribution is -2.31. The maximum absolute atomic E-state index is 11.4. The molecule has 1 rings (SSSR count). The molecule has 2 unspecified atom stereocenters. The maximum atomic E-state index is 11.4. The van der Waals surface area contributed by atoms with Gasteiger partial charge in [0.25, 0.3) is 0 Å². The number of aliphatic hydroxyl groups excluding tert-OH is 1. The molecule has 0 aromatic heterocycles. The molecular weight excluding hydrogens is 210 g/mol. The molecule has 15 heavy (non-hydrogen) atoms. The minimum atomic E-state index is 0.146. The first-order valence-electron chi connectivity index (χ1n) is 5.64. The Morgan fingerprint density at radius 1 is 1.47 bits per heavy atom. The molecule has 0 bridgehead atoms. The van der Waals surface area contributed by atoms with Gasteiger partial charge in [-0.25, -0.2) is 0 Å². The third-order valence-electron chi connectivity index (χ3n) is 3.15. The van der Waals surface area contributed by atoms with E-state index in [4.69, 9.17) is 5.11 Å². The van der Waals surface area contributed by atoms with Gasteiger partial charge in [-0.15, -0.1) is 0 Å². The largest absolute Gasteiger partial charge is 0.396 e. The van der Waals surface area contributed by atoms with Crippen molar-refractivity contribution >= 4 is 17.7 Å². The van der Waals surface area contributed by atoms with E-state index in [1.54, 1.807) is 11.8 Å². The van der Waals surface area contributed by atoms with E-state index < -0.39 is 0 Å². The van der Waals surface area contributed by atoms with Gasteiger partial charge in [0.2, 0.25) is 5.91 Å². The zero-order valence-corrected chi connectivity index (χ0v) is 10.2. The number of hydrogen-bond donors (Lipinski definition) is 2. The van der Waals surface area contributed by atoms with Gasteiger partial charge < -0.3 is 10.4 Å². The second-order valence-corrected chi connectivity index (χ2v) is 5.17. The van der Waals surface area contributed by atoms with E-state index in [0.29, 0.717) is 18.3 Å². The summed E-state index contributed by atoms with van der Waals surface area (Å²) in [5.41, 5.74) is 0. The summed E-state index contributed by atoms with van der Waals surface area (Å²) < 4.78 is 0. The van der Waals surface area contributed by atoms with Crippen molar-refractivity contribution in [3.63, 3.8) is 0 Å². The van der Waals surface area contributed by atoms with Gasteiger partial charge in [-0.1, -0.05) is 6.42 Å². The summed E-state index contributed by atoms with van der Waals surface area (Å²) in [5, 5.41) is 12.1. The average Bonchev–Trinajstić information content (AvgIpc) is 2.70. The van der Waals surface area contributed by atoms with Crippen LogP contribution in [-0.4, -0.2) is 36.2 Å². The standard InChI is InChI=1S/C11H21NO2S/c1-15-6-5-11(14)12-7-9-3-2-4-10(9)8-13/h9-10,13H,2-8H2,1H3,(H,12,14). The van der Waals surface area contributed by atoms with Crippen LogP contribution in [-0.2, 0) is 4.79 Å². The molecular formula is C11H21NO2S. The molecule has 1 aliphatic rings. The average molecular weight is 231 g/mol. The first kappa shape index (κ1) is 12.8. The van der Waals surface area contributed by atoms with E-state index in [2.05, 4.69) is 5.32 Å². The molecule has 0 radical (unpaired) electrons. The monoisotopic (exact) mass is 231 g/mol. The second-order valence-electron chi connectivity index (χ2n) is 4.18. The number of amides is 1. The van der Waals surface area contributed by atoms with Gasteiger partial charge in [-0.3, -0.25) is 4.79 Å². The minimum Gasteiger partial charge on any atom is -0.396 e. The highest BCUT2D eigenvalue weighted by Gasteiger charge is 2.26. The molecule has 4 heteroatoms. The zero-order valence-electron chi connectivity index (χ0n) is 9.37. The van der Waals surface area contributed by atoms with Crippen molar-refractivity contribution in [2.75, 3.05) is 25.2 Å². The second kappa shape index (κ2) is 7.12. The van der Waals surface area contributed by atoms with E-state index >= 15 is 0 Å². The summed E-state index contributed by atoms with van der Waals surface area (Å²) in [5.74, 6) is 1.94. The molecule has 1 saturated carbocycles. The highest BCUT2D eigenvalue weighted by molar-refractivity contribution is 7.98. The lowest BCUT2D eigenvalue weighted by atomic mass is 9.97. The number of thioether (sulfide) groups is 1. The van der Waals surface area contributed by atoms with Crippen LogP contribution >= 0.6 is 11.8 Å². The number of rotatable bonds is 6. The Kier molecular flexibility index (Phi) is 6.10. The van der Waals surface area contributed by atoms with Crippen LogP contribution in [0, 0.1) is 11.8 Å². The number of carbonyl (C=O) groups excluding carboxylic acids is 1. The van der Waals surface area contributed by atoms with Gasteiger partial charge in [0.05, 0.1) is 0 Å². The predicted molar refractivity (Wildman–Crippen MR) is 63.9 cm³/mol. The van der Waals surface area contributed by atoms with Gasteiger partial charge in [-0.05, 0) is 30.9 Å². The molecule has 0 aliphatic heterocycles. The van der Waals surface area contributed by atoms with Crippen molar-refractivity contribution in [1.82, 2.24) is 5.32 Å². The van der Waals surface area contributed by atoms with E-state index in [1.807, 2.05) is 6.26 Å². The highest BCUT2D eigenvalue weighted by atomic mass is 32.2. The Bertz CT molecular complexity index is 199. The van der Waals surface area contributed by atoms with Crippen LogP contribution in [0.4, 0.5) is 0 Å². The van der Waals surface area contributed by atoms with Gasteiger partial charge in [0, 0.05) is 25.3 Å². The first-order valence-corrected chi connectivity index (χ1v) is 7.03. The summed E-state index contributed by atoms with van der Waals surface area (Å²) >= 11 is 1.69. The number of nitrogens with one attached hydrogen (secondary N) is 1. The quantitative estimate of drug-likeness (QED) is 0.723. The summed E-state index contributed by atoms with van der Waals surface area (Å²) in [6.07, 6.45) is 6.07. The Labute approximate surface area is 96.0 Å². The minimum absolute atomic E-state index is 0.146. The van der Waals surface area contributed by atoms with Gasteiger partial charge in [0.15, 0.2) is 0 Å². The topological polar surface area (TPSA) is 49.3 Å². The molecule has 1 aliphatic carbocycles. The smallest absolute Gasteiger partial charge is 0.220 e. The van der Waals surface area contributed by atoms with Crippen molar-refractivity contribution < 1.29 is 9.90 Å². The number of aliphatic hydroxyl groups is 1. The van der Waals surface area contributed by atoms with E-state index in [1.165, 1.54) is 6.42 Å². The summed E-state index contributed by atoms with van der Waals surface area (Å²) in [6, 6.07) is 0. The summed E-state index contributed by atoms with van der Waals surface area (Å²) in [6.45, 7) is 1.02. The summed E-state index contributed by atoms with van der Waals surface area (Å²) in [7, 11) is 0. The highest BCUT2D eigenvalue weighted by Crippen LogP contribution is 2.30. The van der Waals surface area contributed by atoms with Crippen LogP contribution in [0.15, 0.2) is 0 Å². The van der Waals surface area contributed by atoms with E-state index in [9.17, 15) is 4.79 Å². The van der Waals surface area contributed by atoms with Crippen LogP contribution in [0.1, 0.15) is 25.7 Å². The molecule has 0 aromatic rings. The molecule has 88 valence electrons. The van der Waals surface area contributed by atoms with Crippen molar-refractivity contribution in [1.29, 1.82) is 0 Å². The summed E-state index contributed by atoms with van der Waals surface area (Å²) in [4.78, 5) is 11.4. The molecule has 1 fully saturated rings. The molecule has 0 spiro atoms. The molecule has 2 atom stereocenters. The molecule has 3 nitrogen and oxygen atoms in total. The lowest BCUT2D eigenvalue weighted by Gasteiger charge is -2.17. The normalized spacial score (nSPS) is 25.5. The van der Waals surface area contributed by atoms with Crippen LogP contribution in [0.2, 0.25) is 0 Å². The maximum Gasteiger partial charge on any atom is 0.220 e. The number of carbonyl (C=O) groups is 1. The zero-order chi connectivity index (χ0) is 11.1. The van der Waals surface area contributed by atoms with Crippen molar-refractivity contribution in [3.05, 3.63) is 0 Å². The van der Waals surface area contributed by atoms with E-state index in [0.717, 1.165) is 25.1 Å². The lowest BCUT2D eigenvalue weighted by molar-refractivity contribution is -0.120. The Morgan fingerprint density at radius 2 is 2.20 bits per heavy atom. The molecule has 0 heterocycles. The van der Waals surface area contributed by atoms with E-state index in [-0.39, 0.29) is 12.5 Å². The Balaban J connectivity index is 2.15. The molecule has 1 amide bonds. The number of hydrogen-bond acceptors (Lipinski definition) is 3.